The summed E-state index contributed by atoms with van der Waals surface area (Å²) in [7, 11) is 0. The topological polar surface area (TPSA) is 43.8 Å². The third-order valence-corrected chi connectivity index (χ3v) is 5.30. The Balaban J connectivity index is 2.27. The van der Waals surface area contributed by atoms with E-state index in [1.807, 2.05) is 23.1 Å². The molecule has 0 bridgehead atoms. The minimum Gasteiger partial charge on any atom is -0.507 e. The van der Waals surface area contributed by atoms with Crippen molar-refractivity contribution in [3.8, 4) is 5.75 Å². The number of phenolic OH excluding ortho intramolecular Hbond substituents is 1. The number of benzene rings is 1. The minimum absolute atomic E-state index is 0.0634. The molecule has 1 aromatic carbocycles. The van der Waals surface area contributed by atoms with Crippen LogP contribution in [0.15, 0.2) is 18.2 Å². The molecule has 1 N–H and O–H groups in total. The van der Waals surface area contributed by atoms with Crippen molar-refractivity contribution < 1.29 is 9.90 Å². The third-order valence-electron chi connectivity index (χ3n) is 5.30. The predicted molar refractivity (Wildman–Crippen MR) is 113 cm³/mol. The summed E-state index contributed by atoms with van der Waals surface area (Å²) in [5.41, 5.74) is 2.45. The second-order valence-electron chi connectivity index (χ2n) is 9.56. The molecule has 2 rings (SSSR count). The van der Waals surface area contributed by atoms with E-state index in [1.165, 1.54) is 0 Å². The zero-order chi connectivity index (χ0) is 20.4. The average molecular weight is 373 g/mol. The highest BCUT2D eigenvalue weighted by Crippen LogP contribution is 2.40. The van der Waals surface area contributed by atoms with Crippen LogP contribution < -0.4 is 0 Å². The molecule has 150 valence electrons. The van der Waals surface area contributed by atoms with E-state index in [2.05, 4.69) is 53.4 Å². The number of nitrogens with zero attached hydrogens (tertiary/aromatic N) is 2. The summed E-state index contributed by atoms with van der Waals surface area (Å²) >= 11 is 0. The van der Waals surface area contributed by atoms with Gasteiger partial charge in [0.1, 0.15) is 5.75 Å². The number of amides is 1. The van der Waals surface area contributed by atoms with E-state index < -0.39 is 0 Å². The van der Waals surface area contributed by atoms with Crippen molar-refractivity contribution in [3.63, 3.8) is 0 Å². The minimum atomic E-state index is -0.172. The molecule has 1 fully saturated rings. The van der Waals surface area contributed by atoms with Crippen LogP contribution in [-0.4, -0.2) is 53.5 Å². The molecule has 0 unspecified atom stereocenters. The lowest BCUT2D eigenvalue weighted by molar-refractivity contribution is -0.127. The van der Waals surface area contributed by atoms with E-state index in [9.17, 15) is 9.90 Å². The molecule has 1 amide bonds. The van der Waals surface area contributed by atoms with Gasteiger partial charge in [-0.1, -0.05) is 48.5 Å². The smallest absolute Gasteiger partial charge is 0.246 e. The Bertz CT molecular complexity index is 665. The zero-order valence-corrected chi connectivity index (χ0v) is 18.1. The lowest BCUT2D eigenvalue weighted by Crippen LogP contribution is -2.48. The van der Waals surface area contributed by atoms with Crippen LogP contribution in [0.5, 0.6) is 5.75 Å². The number of piperazine rings is 1. The number of likely N-dealkylation sites (N-methyl/N-ethyl adjacent to an activating group) is 1. The molecule has 1 aromatic rings. The monoisotopic (exact) mass is 372 g/mol. The Morgan fingerprint density at radius 2 is 1.48 bits per heavy atom. The highest BCUT2D eigenvalue weighted by molar-refractivity contribution is 5.92. The molecule has 1 aliphatic rings. The van der Waals surface area contributed by atoms with Gasteiger partial charge in [-0.2, -0.15) is 0 Å². The molecule has 0 saturated carbocycles. The fourth-order valence-electron chi connectivity index (χ4n) is 3.45. The van der Waals surface area contributed by atoms with Crippen molar-refractivity contribution in [1.82, 2.24) is 9.80 Å². The molecule has 0 radical (unpaired) electrons. The van der Waals surface area contributed by atoms with Crippen LogP contribution in [0.25, 0.3) is 6.08 Å². The SMILES string of the molecule is CCN1CCN(C(=O)C=Cc2cc(C(C)(C)C)c(O)c(C(C)(C)C)c2)CC1. The first-order valence-electron chi connectivity index (χ1n) is 10.0. The lowest BCUT2D eigenvalue weighted by atomic mass is 9.78. The summed E-state index contributed by atoms with van der Waals surface area (Å²) in [6.45, 7) is 19.2. The first-order chi connectivity index (χ1) is 12.4. The normalized spacial score (nSPS) is 16.9. The maximum absolute atomic E-state index is 12.6. The second-order valence-corrected chi connectivity index (χ2v) is 9.56. The van der Waals surface area contributed by atoms with Gasteiger partial charge in [0.15, 0.2) is 0 Å². The molecule has 1 aliphatic heterocycles. The Kier molecular flexibility index (Phi) is 6.41. The number of rotatable bonds is 3. The average Bonchev–Trinajstić information content (AvgIpc) is 2.58. The van der Waals surface area contributed by atoms with Gasteiger partial charge in [-0.25, -0.2) is 0 Å². The van der Waals surface area contributed by atoms with Gasteiger partial charge in [0.25, 0.3) is 0 Å². The van der Waals surface area contributed by atoms with Gasteiger partial charge >= 0.3 is 0 Å². The molecular formula is C23H36N2O2. The van der Waals surface area contributed by atoms with Crippen LogP contribution in [0.3, 0.4) is 0 Å². The second kappa shape index (κ2) is 8.05. The van der Waals surface area contributed by atoms with Gasteiger partial charge in [-0.05, 0) is 41.1 Å². The van der Waals surface area contributed by atoms with E-state index in [0.29, 0.717) is 5.75 Å². The lowest BCUT2D eigenvalue weighted by Gasteiger charge is -2.33. The molecule has 0 aliphatic carbocycles. The first kappa shape index (κ1) is 21.5. The number of hydrogen-bond donors (Lipinski definition) is 1. The maximum Gasteiger partial charge on any atom is 0.246 e. The highest BCUT2D eigenvalue weighted by atomic mass is 16.3. The number of hydrogen-bond acceptors (Lipinski definition) is 3. The molecule has 1 heterocycles. The van der Waals surface area contributed by atoms with Crippen LogP contribution >= 0.6 is 0 Å². The summed E-state index contributed by atoms with van der Waals surface area (Å²) in [6, 6.07) is 4.01. The molecule has 4 heteroatoms. The Hall–Kier alpha value is -1.81. The van der Waals surface area contributed by atoms with E-state index in [4.69, 9.17) is 0 Å². The summed E-state index contributed by atoms with van der Waals surface area (Å²) in [5, 5.41) is 10.8. The Morgan fingerprint density at radius 3 is 1.89 bits per heavy atom. The van der Waals surface area contributed by atoms with Gasteiger partial charge in [0.2, 0.25) is 5.91 Å². The van der Waals surface area contributed by atoms with Crippen LogP contribution in [0.4, 0.5) is 0 Å². The molecule has 0 aromatic heterocycles. The van der Waals surface area contributed by atoms with Crippen LogP contribution in [0, 0.1) is 0 Å². The van der Waals surface area contributed by atoms with Gasteiger partial charge < -0.3 is 14.9 Å². The molecule has 0 spiro atoms. The van der Waals surface area contributed by atoms with Crippen molar-refractivity contribution in [3.05, 3.63) is 34.9 Å². The summed E-state index contributed by atoms with van der Waals surface area (Å²) < 4.78 is 0. The van der Waals surface area contributed by atoms with Crippen molar-refractivity contribution in [1.29, 1.82) is 0 Å². The van der Waals surface area contributed by atoms with Crippen LogP contribution in [-0.2, 0) is 15.6 Å². The number of phenols is 1. The summed E-state index contributed by atoms with van der Waals surface area (Å²) in [6.07, 6.45) is 3.56. The van der Waals surface area contributed by atoms with Crippen LogP contribution in [0.2, 0.25) is 0 Å². The largest absolute Gasteiger partial charge is 0.507 e. The quantitative estimate of drug-likeness (QED) is 0.810. The van der Waals surface area contributed by atoms with Crippen LogP contribution in [0.1, 0.15) is 65.2 Å². The first-order valence-corrected chi connectivity index (χ1v) is 10.0. The van der Waals surface area contributed by atoms with E-state index >= 15 is 0 Å². The highest BCUT2D eigenvalue weighted by Gasteiger charge is 2.26. The Morgan fingerprint density at radius 1 is 1.00 bits per heavy atom. The predicted octanol–water partition coefficient (Wildman–Crippen LogP) is 4.16. The molecule has 27 heavy (non-hydrogen) atoms. The summed E-state index contributed by atoms with van der Waals surface area (Å²) in [4.78, 5) is 16.8. The van der Waals surface area contributed by atoms with Gasteiger partial charge in [-0.3, -0.25) is 4.79 Å². The zero-order valence-electron chi connectivity index (χ0n) is 18.1. The van der Waals surface area contributed by atoms with E-state index in [1.54, 1.807) is 6.08 Å². The Labute approximate surface area is 164 Å². The van der Waals surface area contributed by atoms with Crippen molar-refractivity contribution in [2.75, 3.05) is 32.7 Å². The van der Waals surface area contributed by atoms with Gasteiger partial charge in [0.05, 0.1) is 0 Å². The maximum atomic E-state index is 12.6. The summed E-state index contributed by atoms with van der Waals surface area (Å²) in [5.74, 6) is 0.433. The fourth-order valence-corrected chi connectivity index (χ4v) is 3.45. The molecule has 4 nitrogen and oxygen atoms in total. The molecular weight excluding hydrogens is 336 g/mol. The van der Waals surface area contributed by atoms with Gasteiger partial charge in [-0.15, -0.1) is 0 Å². The van der Waals surface area contributed by atoms with Crippen molar-refractivity contribution in [2.45, 2.75) is 59.3 Å². The van der Waals surface area contributed by atoms with E-state index in [-0.39, 0.29) is 16.7 Å². The van der Waals surface area contributed by atoms with Gasteiger partial charge in [0, 0.05) is 43.4 Å². The van der Waals surface area contributed by atoms with Crippen molar-refractivity contribution in [2.24, 2.45) is 0 Å². The number of carbonyl (C=O) groups excluding carboxylic acids is 1. The fraction of sp³-hybridized carbons (Fsp3) is 0.609. The third kappa shape index (κ3) is 5.35. The molecule has 0 atom stereocenters. The van der Waals surface area contributed by atoms with Crippen molar-refractivity contribution >= 4 is 12.0 Å². The number of carbonyl (C=O) groups is 1. The number of aromatic hydroxyl groups is 1. The van der Waals surface area contributed by atoms with E-state index in [0.717, 1.165) is 49.4 Å². The standard InChI is InChI=1S/C23H36N2O2/c1-8-24-11-13-25(14-12-24)20(26)10-9-17-15-18(22(2,3)4)21(27)19(16-17)23(5,6)7/h9-10,15-16,27H,8,11-14H2,1-7H3. The molecule has 1 saturated heterocycles.